The molecule has 1 unspecified atom stereocenters. The smallest absolute Gasteiger partial charge is 0.228 e. The molecule has 0 saturated carbocycles. The molecule has 0 radical (unpaired) electrons. The number of rotatable bonds is 2. The van der Waals surface area contributed by atoms with E-state index in [0.717, 1.165) is 31.6 Å². The second-order valence-corrected chi connectivity index (χ2v) is 5.93. The van der Waals surface area contributed by atoms with E-state index in [1.54, 1.807) is 4.90 Å². The highest BCUT2D eigenvalue weighted by molar-refractivity contribution is 6.00. The highest BCUT2D eigenvalue weighted by Crippen LogP contribution is 2.28. The van der Waals surface area contributed by atoms with Crippen molar-refractivity contribution in [2.45, 2.75) is 12.8 Å². The van der Waals surface area contributed by atoms with Gasteiger partial charge in [0.15, 0.2) is 0 Å². The SMILES string of the molecule is O=C(C1CC(=O)N(c2ccc(F)cc2F)C1)N1CCCNCC1. The Bertz CT molecular complexity index is 615. The minimum atomic E-state index is -0.787. The molecule has 2 heterocycles. The molecular weight excluding hydrogens is 304 g/mol. The molecule has 2 saturated heterocycles. The summed E-state index contributed by atoms with van der Waals surface area (Å²) in [6.45, 7) is 3.04. The number of amides is 2. The monoisotopic (exact) mass is 323 g/mol. The van der Waals surface area contributed by atoms with E-state index in [1.165, 1.54) is 11.0 Å². The van der Waals surface area contributed by atoms with Crippen LogP contribution in [-0.2, 0) is 9.59 Å². The van der Waals surface area contributed by atoms with Crippen molar-refractivity contribution in [3.8, 4) is 0 Å². The normalized spacial score (nSPS) is 22.3. The lowest BCUT2D eigenvalue weighted by atomic mass is 10.1. The van der Waals surface area contributed by atoms with E-state index in [2.05, 4.69) is 5.32 Å². The lowest BCUT2D eigenvalue weighted by molar-refractivity contribution is -0.135. The quantitative estimate of drug-likeness (QED) is 0.888. The van der Waals surface area contributed by atoms with Crippen molar-refractivity contribution in [3.05, 3.63) is 29.8 Å². The van der Waals surface area contributed by atoms with Crippen LogP contribution in [0.1, 0.15) is 12.8 Å². The maximum absolute atomic E-state index is 13.9. The molecule has 1 aromatic rings. The first-order valence-corrected chi connectivity index (χ1v) is 7.81. The Kier molecular flexibility index (Phi) is 4.56. The lowest BCUT2D eigenvalue weighted by Gasteiger charge is -2.23. The van der Waals surface area contributed by atoms with E-state index in [1.807, 2.05) is 0 Å². The summed E-state index contributed by atoms with van der Waals surface area (Å²) in [6.07, 6.45) is 0.947. The van der Waals surface area contributed by atoms with Gasteiger partial charge >= 0.3 is 0 Å². The van der Waals surface area contributed by atoms with Crippen LogP contribution in [0.3, 0.4) is 0 Å². The van der Waals surface area contributed by atoms with Gasteiger partial charge in [0.25, 0.3) is 0 Å². The van der Waals surface area contributed by atoms with Gasteiger partial charge in [0, 0.05) is 38.7 Å². The third-order valence-electron chi connectivity index (χ3n) is 4.33. The summed E-state index contributed by atoms with van der Waals surface area (Å²) in [5, 5.41) is 3.22. The molecule has 3 rings (SSSR count). The van der Waals surface area contributed by atoms with E-state index < -0.39 is 17.6 Å². The van der Waals surface area contributed by atoms with Gasteiger partial charge in [0.2, 0.25) is 11.8 Å². The third-order valence-corrected chi connectivity index (χ3v) is 4.33. The minimum Gasteiger partial charge on any atom is -0.341 e. The van der Waals surface area contributed by atoms with Crippen LogP contribution in [-0.4, -0.2) is 49.4 Å². The summed E-state index contributed by atoms with van der Waals surface area (Å²) in [6, 6.07) is 3.10. The van der Waals surface area contributed by atoms with Gasteiger partial charge in [-0.15, -0.1) is 0 Å². The number of hydrogen-bond acceptors (Lipinski definition) is 3. The van der Waals surface area contributed by atoms with Crippen molar-refractivity contribution in [2.75, 3.05) is 37.6 Å². The van der Waals surface area contributed by atoms with E-state index in [4.69, 9.17) is 0 Å². The summed E-state index contributed by atoms with van der Waals surface area (Å²) in [5.74, 6) is -2.31. The third kappa shape index (κ3) is 3.34. The molecular formula is C16H19F2N3O2. The molecule has 2 aliphatic rings. The molecule has 7 heteroatoms. The number of nitrogens with one attached hydrogen (secondary N) is 1. The van der Waals surface area contributed by atoms with Gasteiger partial charge in [0.1, 0.15) is 11.6 Å². The second kappa shape index (κ2) is 6.62. The first-order valence-electron chi connectivity index (χ1n) is 7.81. The van der Waals surface area contributed by atoms with Crippen LogP contribution in [0.2, 0.25) is 0 Å². The molecule has 124 valence electrons. The average Bonchev–Trinajstić information content (AvgIpc) is 2.74. The van der Waals surface area contributed by atoms with Gasteiger partial charge in [-0.25, -0.2) is 8.78 Å². The van der Waals surface area contributed by atoms with Crippen LogP contribution < -0.4 is 10.2 Å². The summed E-state index contributed by atoms with van der Waals surface area (Å²) >= 11 is 0. The fraction of sp³-hybridized carbons (Fsp3) is 0.500. The van der Waals surface area contributed by atoms with Gasteiger partial charge in [-0.2, -0.15) is 0 Å². The zero-order valence-corrected chi connectivity index (χ0v) is 12.7. The summed E-state index contributed by atoms with van der Waals surface area (Å²) in [7, 11) is 0. The number of carbonyl (C=O) groups excluding carboxylic acids is 2. The fourth-order valence-electron chi connectivity index (χ4n) is 3.13. The van der Waals surface area contributed by atoms with Crippen molar-refractivity contribution in [2.24, 2.45) is 5.92 Å². The van der Waals surface area contributed by atoms with Crippen molar-refractivity contribution in [3.63, 3.8) is 0 Å². The second-order valence-electron chi connectivity index (χ2n) is 5.93. The maximum Gasteiger partial charge on any atom is 0.228 e. The molecule has 2 aliphatic heterocycles. The van der Waals surface area contributed by atoms with E-state index in [9.17, 15) is 18.4 Å². The van der Waals surface area contributed by atoms with Crippen molar-refractivity contribution >= 4 is 17.5 Å². The predicted octanol–water partition coefficient (Wildman–Crippen LogP) is 1.14. The summed E-state index contributed by atoms with van der Waals surface area (Å²) in [5.41, 5.74) is 0.0317. The Morgan fingerprint density at radius 1 is 1.22 bits per heavy atom. The Hall–Kier alpha value is -2.02. The van der Waals surface area contributed by atoms with Crippen molar-refractivity contribution < 1.29 is 18.4 Å². The van der Waals surface area contributed by atoms with E-state index in [-0.39, 0.29) is 30.5 Å². The van der Waals surface area contributed by atoms with Crippen LogP contribution in [0.15, 0.2) is 18.2 Å². The molecule has 5 nitrogen and oxygen atoms in total. The van der Waals surface area contributed by atoms with Crippen molar-refractivity contribution in [1.29, 1.82) is 0 Å². The Labute approximate surface area is 133 Å². The average molecular weight is 323 g/mol. The van der Waals surface area contributed by atoms with Crippen molar-refractivity contribution in [1.82, 2.24) is 10.2 Å². The lowest BCUT2D eigenvalue weighted by Crippen LogP contribution is -2.39. The van der Waals surface area contributed by atoms with Crippen LogP contribution in [0, 0.1) is 17.6 Å². The van der Waals surface area contributed by atoms with Gasteiger partial charge < -0.3 is 15.1 Å². The van der Waals surface area contributed by atoms with Gasteiger partial charge in [0.05, 0.1) is 11.6 Å². The zero-order valence-electron chi connectivity index (χ0n) is 12.7. The zero-order chi connectivity index (χ0) is 16.4. The van der Waals surface area contributed by atoms with Crippen LogP contribution in [0.4, 0.5) is 14.5 Å². The van der Waals surface area contributed by atoms with E-state index in [0.29, 0.717) is 13.1 Å². The Morgan fingerprint density at radius 2 is 2.04 bits per heavy atom. The van der Waals surface area contributed by atoms with E-state index >= 15 is 0 Å². The number of carbonyl (C=O) groups is 2. The first-order chi connectivity index (χ1) is 11.1. The molecule has 2 fully saturated rings. The fourth-order valence-corrected chi connectivity index (χ4v) is 3.13. The first kappa shape index (κ1) is 15.9. The van der Waals surface area contributed by atoms with Crippen LogP contribution in [0.25, 0.3) is 0 Å². The van der Waals surface area contributed by atoms with Gasteiger partial charge in [-0.1, -0.05) is 0 Å². The van der Waals surface area contributed by atoms with Gasteiger partial charge in [-0.05, 0) is 25.1 Å². The minimum absolute atomic E-state index is 0.0317. The highest BCUT2D eigenvalue weighted by Gasteiger charge is 2.38. The molecule has 0 bridgehead atoms. The molecule has 23 heavy (non-hydrogen) atoms. The Morgan fingerprint density at radius 3 is 2.83 bits per heavy atom. The number of nitrogens with zero attached hydrogens (tertiary/aromatic N) is 2. The molecule has 1 aromatic carbocycles. The standard InChI is InChI=1S/C16H19F2N3O2/c17-12-2-3-14(13(18)9-12)21-10-11(8-15(21)22)16(23)20-6-1-4-19-5-7-20/h2-3,9,11,19H,1,4-8,10H2. The Balaban J connectivity index is 1.72. The van der Waals surface area contributed by atoms with Crippen LogP contribution in [0.5, 0.6) is 0 Å². The maximum atomic E-state index is 13.9. The highest BCUT2D eigenvalue weighted by atomic mass is 19.1. The molecule has 0 spiro atoms. The molecule has 0 aliphatic carbocycles. The number of anilines is 1. The number of hydrogen-bond donors (Lipinski definition) is 1. The molecule has 1 atom stereocenters. The van der Waals surface area contributed by atoms with Crippen LogP contribution >= 0.6 is 0 Å². The number of benzene rings is 1. The summed E-state index contributed by atoms with van der Waals surface area (Å²) in [4.78, 5) is 27.7. The largest absolute Gasteiger partial charge is 0.341 e. The predicted molar refractivity (Wildman–Crippen MR) is 80.9 cm³/mol. The molecule has 0 aromatic heterocycles. The van der Waals surface area contributed by atoms with Gasteiger partial charge in [-0.3, -0.25) is 9.59 Å². The molecule has 1 N–H and O–H groups in total. The number of halogens is 2. The topological polar surface area (TPSA) is 52.7 Å². The summed E-state index contributed by atoms with van der Waals surface area (Å²) < 4.78 is 26.9. The molecule has 2 amide bonds.